The lowest BCUT2D eigenvalue weighted by Crippen LogP contribution is -2.38. The number of carbonyl (C=O) groups excluding carboxylic acids is 1. The third-order valence-electron chi connectivity index (χ3n) is 4.39. The summed E-state index contributed by atoms with van der Waals surface area (Å²) >= 11 is 5.95. The van der Waals surface area contributed by atoms with Gasteiger partial charge in [-0.05, 0) is 60.9 Å². The van der Waals surface area contributed by atoms with Gasteiger partial charge >= 0.3 is 0 Å². The van der Waals surface area contributed by atoms with Crippen molar-refractivity contribution in [3.05, 3.63) is 59.1 Å². The second-order valence-electron chi connectivity index (χ2n) is 6.50. The average molecular weight is 371 g/mol. The van der Waals surface area contributed by atoms with Gasteiger partial charge in [-0.25, -0.2) is 0 Å². The normalized spacial score (nSPS) is 15.1. The van der Waals surface area contributed by atoms with Crippen LogP contribution in [0.15, 0.2) is 53.5 Å². The fourth-order valence-corrected chi connectivity index (χ4v) is 3.21. The van der Waals surface area contributed by atoms with E-state index >= 15 is 0 Å². The molecule has 1 amide bonds. The lowest BCUT2D eigenvalue weighted by Gasteiger charge is -2.22. The quantitative estimate of drug-likeness (QED) is 0.734. The number of hydrogen-bond acceptors (Lipinski definition) is 3. The molecular formula is C21H23ClN2O2. The minimum absolute atomic E-state index is 0.0481. The van der Waals surface area contributed by atoms with Crippen LogP contribution < -0.4 is 10.1 Å². The fourth-order valence-electron chi connectivity index (χ4n) is 3.02. The minimum Gasteiger partial charge on any atom is -0.484 e. The van der Waals surface area contributed by atoms with E-state index in [2.05, 4.69) is 10.3 Å². The molecule has 0 heterocycles. The van der Waals surface area contributed by atoms with Crippen molar-refractivity contribution in [2.75, 3.05) is 6.61 Å². The fraction of sp³-hybridized carbons (Fsp3) is 0.333. The minimum atomic E-state index is -0.0523. The molecule has 1 N–H and O–H groups in total. The Hall–Kier alpha value is -2.33. The van der Waals surface area contributed by atoms with Crippen LogP contribution in [-0.2, 0) is 4.79 Å². The van der Waals surface area contributed by atoms with Gasteiger partial charge in [-0.15, -0.1) is 0 Å². The number of benzene rings is 2. The summed E-state index contributed by atoms with van der Waals surface area (Å²) in [5, 5.41) is 3.71. The van der Waals surface area contributed by atoms with Gasteiger partial charge in [0.1, 0.15) is 5.75 Å². The van der Waals surface area contributed by atoms with E-state index in [1.807, 2.05) is 42.5 Å². The summed E-state index contributed by atoms with van der Waals surface area (Å²) in [5.74, 6) is 0.618. The second kappa shape index (κ2) is 9.39. The van der Waals surface area contributed by atoms with Crippen molar-refractivity contribution in [1.82, 2.24) is 5.32 Å². The number of carbonyl (C=O) groups is 1. The molecule has 26 heavy (non-hydrogen) atoms. The monoisotopic (exact) mass is 370 g/mol. The van der Waals surface area contributed by atoms with Crippen LogP contribution in [-0.4, -0.2) is 24.8 Å². The first-order chi connectivity index (χ1) is 12.7. The molecule has 0 spiro atoms. The molecule has 136 valence electrons. The van der Waals surface area contributed by atoms with Crippen molar-refractivity contribution in [2.24, 2.45) is 4.99 Å². The summed E-state index contributed by atoms with van der Waals surface area (Å²) < 4.78 is 5.57. The van der Waals surface area contributed by atoms with Crippen LogP contribution in [0.3, 0.4) is 0 Å². The second-order valence-corrected chi connectivity index (χ2v) is 6.93. The van der Waals surface area contributed by atoms with Gasteiger partial charge in [-0.3, -0.25) is 9.79 Å². The molecule has 0 unspecified atom stereocenters. The molecule has 4 nitrogen and oxygen atoms in total. The SMILES string of the molecule is O=C(COc1ccc(C=Nc2cccc(Cl)c2)cc1)NC1CCCCC1. The summed E-state index contributed by atoms with van der Waals surface area (Å²) in [6, 6.07) is 15.2. The van der Waals surface area contributed by atoms with Crippen molar-refractivity contribution in [3.8, 4) is 5.75 Å². The van der Waals surface area contributed by atoms with Gasteiger partial charge in [0.25, 0.3) is 5.91 Å². The third-order valence-corrected chi connectivity index (χ3v) is 4.63. The van der Waals surface area contributed by atoms with Crippen LogP contribution in [0.5, 0.6) is 5.75 Å². The van der Waals surface area contributed by atoms with Crippen LogP contribution in [0, 0.1) is 0 Å². The zero-order valence-electron chi connectivity index (χ0n) is 14.7. The zero-order valence-corrected chi connectivity index (χ0v) is 15.4. The molecule has 1 saturated carbocycles. The molecule has 1 fully saturated rings. The molecule has 0 radical (unpaired) electrons. The molecule has 2 aromatic rings. The van der Waals surface area contributed by atoms with E-state index in [-0.39, 0.29) is 12.5 Å². The number of nitrogens with one attached hydrogen (secondary N) is 1. The summed E-state index contributed by atoms with van der Waals surface area (Å²) in [6.45, 7) is 0.0481. The van der Waals surface area contributed by atoms with Gasteiger partial charge in [0.2, 0.25) is 0 Å². The lowest BCUT2D eigenvalue weighted by molar-refractivity contribution is -0.124. The van der Waals surface area contributed by atoms with Crippen molar-refractivity contribution in [2.45, 2.75) is 38.1 Å². The molecule has 0 aromatic heterocycles. The lowest BCUT2D eigenvalue weighted by atomic mass is 9.95. The van der Waals surface area contributed by atoms with Crippen LogP contribution in [0.2, 0.25) is 5.02 Å². The van der Waals surface area contributed by atoms with E-state index in [4.69, 9.17) is 16.3 Å². The van der Waals surface area contributed by atoms with Crippen molar-refractivity contribution in [1.29, 1.82) is 0 Å². The van der Waals surface area contributed by atoms with E-state index in [1.54, 1.807) is 12.3 Å². The molecule has 1 aliphatic rings. The number of aliphatic imine (C=N–C) groups is 1. The Kier molecular flexibility index (Phi) is 6.67. The summed E-state index contributed by atoms with van der Waals surface area (Å²) in [7, 11) is 0. The molecule has 5 heteroatoms. The molecule has 3 rings (SSSR count). The number of nitrogens with zero attached hydrogens (tertiary/aromatic N) is 1. The van der Waals surface area contributed by atoms with Gasteiger partial charge < -0.3 is 10.1 Å². The van der Waals surface area contributed by atoms with Gasteiger partial charge in [0, 0.05) is 17.3 Å². The van der Waals surface area contributed by atoms with Crippen LogP contribution >= 0.6 is 11.6 Å². The predicted molar refractivity (Wildman–Crippen MR) is 106 cm³/mol. The standard InChI is InChI=1S/C21H23ClN2O2/c22-17-5-4-8-19(13-17)23-14-16-9-11-20(12-10-16)26-15-21(25)24-18-6-2-1-3-7-18/h4-5,8-14,18H,1-3,6-7,15H2,(H,24,25). The van der Waals surface area contributed by atoms with Gasteiger partial charge in [-0.1, -0.05) is 36.9 Å². The molecule has 0 saturated heterocycles. The maximum Gasteiger partial charge on any atom is 0.258 e. The molecule has 1 aliphatic carbocycles. The van der Waals surface area contributed by atoms with Crippen molar-refractivity contribution < 1.29 is 9.53 Å². The van der Waals surface area contributed by atoms with Crippen molar-refractivity contribution >= 4 is 29.4 Å². The summed E-state index contributed by atoms with van der Waals surface area (Å²) in [4.78, 5) is 16.4. The largest absolute Gasteiger partial charge is 0.484 e. The van der Waals surface area contributed by atoms with Gasteiger partial charge in [-0.2, -0.15) is 0 Å². The number of rotatable bonds is 6. The first-order valence-corrected chi connectivity index (χ1v) is 9.39. The zero-order chi connectivity index (χ0) is 18.2. The first kappa shape index (κ1) is 18.5. The highest BCUT2D eigenvalue weighted by atomic mass is 35.5. The van der Waals surface area contributed by atoms with Crippen LogP contribution in [0.1, 0.15) is 37.7 Å². The van der Waals surface area contributed by atoms with Crippen LogP contribution in [0.25, 0.3) is 0 Å². The molecule has 0 aliphatic heterocycles. The Morgan fingerprint density at radius 1 is 1.15 bits per heavy atom. The number of amides is 1. The number of halogens is 1. The average Bonchev–Trinajstić information content (AvgIpc) is 2.66. The Morgan fingerprint density at radius 3 is 2.65 bits per heavy atom. The maximum atomic E-state index is 12.0. The Bertz CT molecular complexity index is 753. The Labute approximate surface area is 159 Å². The highest BCUT2D eigenvalue weighted by molar-refractivity contribution is 6.30. The molecule has 0 atom stereocenters. The van der Waals surface area contributed by atoms with E-state index in [0.29, 0.717) is 16.8 Å². The third kappa shape index (κ3) is 5.88. The van der Waals surface area contributed by atoms with E-state index < -0.39 is 0 Å². The van der Waals surface area contributed by atoms with E-state index in [1.165, 1.54) is 19.3 Å². The number of ether oxygens (including phenoxy) is 1. The number of hydrogen-bond donors (Lipinski definition) is 1. The van der Waals surface area contributed by atoms with Crippen LogP contribution in [0.4, 0.5) is 5.69 Å². The van der Waals surface area contributed by atoms with Crippen molar-refractivity contribution in [3.63, 3.8) is 0 Å². The van der Waals surface area contributed by atoms with E-state index in [9.17, 15) is 4.79 Å². The topological polar surface area (TPSA) is 50.7 Å². The summed E-state index contributed by atoms with van der Waals surface area (Å²) in [6.07, 6.45) is 7.59. The van der Waals surface area contributed by atoms with Gasteiger partial charge in [0.05, 0.1) is 5.69 Å². The summed E-state index contributed by atoms with van der Waals surface area (Å²) in [5.41, 5.74) is 1.75. The first-order valence-electron chi connectivity index (χ1n) is 9.01. The van der Waals surface area contributed by atoms with E-state index in [0.717, 1.165) is 24.1 Å². The molecule has 0 bridgehead atoms. The Balaban J connectivity index is 1.47. The van der Waals surface area contributed by atoms with Gasteiger partial charge in [0.15, 0.2) is 6.61 Å². The maximum absolute atomic E-state index is 12.0. The predicted octanol–water partition coefficient (Wildman–Crippen LogP) is 4.92. The molecular weight excluding hydrogens is 348 g/mol. The Morgan fingerprint density at radius 2 is 1.92 bits per heavy atom. The molecule has 2 aromatic carbocycles. The highest BCUT2D eigenvalue weighted by Gasteiger charge is 2.15. The highest BCUT2D eigenvalue weighted by Crippen LogP contribution is 2.19. The smallest absolute Gasteiger partial charge is 0.258 e.